The molecule has 1 aliphatic rings. The first-order valence-electron chi connectivity index (χ1n) is 7.89. The number of benzene rings is 1. The van der Waals surface area contributed by atoms with E-state index in [0.29, 0.717) is 6.54 Å². The van der Waals surface area contributed by atoms with Gasteiger partial charge in [-0.3, -0.25) is 9.69 Å². The molecule has 1 aromatic rings. The largest absolute Gasteiger partial charge is 0.493 e. The van der Waals surface area contributed by atoms with Crippen molar-refractivity contribution in [3.05, 3.63) is 23.8 Å². The van der Waals surface area contributed by atoms with Gasteiger partial charge in [0, 0.05) is 19.6 Å². The van der Waals surface area contributed by atoms with Crippen LogP contribution < -0.4 is 9.47 Å². The van der Waals surface area contributed by atoms with Crippen LogP contribution in [0.2, 0.25) is 0 Å². The number of rotatable bonds is 7. The molecule has 0 radical (unpaired) electrons. The maximum atomic E-state index is 12.3. The van der Waals surface area contributed by atoms with Gasteiger partial charge in [-0.05, 0) is 37.1 Å². The molecule has 5 heteroatoms. The molecule has 1 aromatic carbocycles. The van der Waals surface area contributed by atoms with E-state index in [0.717, 1.165) is 56.1 Å². The third kappa shape index (κ3) is 4.13. The summed E-state index contributed by atoms with van der Waals surface area (Å²) in [5.74, 6) is 1.68. The Labute approximate surface area is 132 Å². The highest BCUT2D eigenvalue weighted by molar-refractivity contribution is 5.78. The predicted octanol–water partition coefficient (Wildman–Crippen LogP) is 2.15. The average Bonchev–Trinajstić information content (AvgIpc) is 3.08. The first kappa shape index (κ1) is 16.6. The summed E-state index contributed by atoms with van der Waals surface area (Å²) in [5, 5.41) is 0. The van der Waals surface area contributed by atoms with Gasteiger partial charge in [0.2, 0.25) is 5.91 Å². The summed E-state index contributed by atoms with van der Waals surface area (Å²) >= 11 is 0. The van der Waals surface area contributed by atoms with Gasteiger partial charge in [-0.25, -0.2) is 0 Å². The minimum Gasteiger partial charge on any atom is -0.493 e. The number of methoxy groups -OCH3 is 2. The maximum Gasteiger partial charge on any atom is 0.236 e. The molecule has 0 N–H and O–H groups in total. The molecule has 0 atom stereocenters. The molecule has 22 heavy (non-hydrogen) atoms. The number of hydrogen-bond donors (Lipinski definition) is 0. The zero-order valence-corrected chi connectivity index (χ0v) is 13.8. The van der Waals surface area contributed by atoms with E-state index in [1.54, 1.807) is 14.2 Å². The molecule has 0 saturated carbocycles. The highest BCUT2D eigenvalue weighted by Crippen LogP contribution is 2.28. The Kier molecular flexibility index (Phi) is 6.07. The molecule has 5 nitrogen and oxygen atoms in total. The molecule has 122 valence electrons. The number of carbonyl (C=O) groups excluding carboxylic acids is 1. The quantitative estimate of drug-likeness (QED) is 0.774. The SMILES string of the molecule is CCN(CC(=O)N1CCCC1)Cc1ccc(OC)c(OC)c1. The van der Waals surface area contributed by atoms with Gasteiger partial charge in [0.1, 0.15) is 0 Å². The van der Waals surface area contributed by atoms with E-state index in [4.69, 9.17) is 9.47 Å². The molecule has 0 bridgehead atoms. The number of likely N-dealkylation sites (tertiary alicyclic amines) is 1. The molecule has 2 rings (SSSR count). The van der Waals surface area contributed by atoms with Crippen molar-refractivity contribution in [3.8, 4) is 11.5 Å². The van der Waals surface area contributed by atoms with Crippen molar-refractivity contribution in [2.24, 2.45) is 0 Å². The second-order valence-corrected chi connectivity index (χ2v) is 5.58. The highest BCUT2D eigenvalue weighted by Gasteiger charge is 2.20. The smallest absolute Gasteiger partial charge is 0.236 e. The number of ether oxygens (including phenoxy) is 2. The van der Waals surface area contributed by atoms with Crippen LogP contribution in [0.1, 0.15) is 25.3 Å². The fourth-order valence-electron chi connectivity index (χ4n) is 2.77. The Morgan fingerprint density at radius 2 is 1.86 bits per heavy atom. The van der Waals surface area contributed by atoms with Crippen molar-refractivity contribution in [2.75, 3.05) is 40.4 Å². The highest BCUT2D eigenvalue weighted by atomic mass is 16.5. The number of nitrogens with zero attached hydrogens (tertiary/aromatic N) is 2. The summed E-state index contributed by atoms with van der Waals surface area (Å²) in [6.45, 7) is 5.95. The van der Waals surface area contributed by atoms with Gasteiger partial charge in [-0.1, -0.05) is 13.0 Å². The van der Waals surface area contributed by atoms with Gasteiger partial charge < -0.3 is 14.4 Å². The van der Waals surface area contributed by atoms with E-state index in [1.165, 1.54) is 0 Å². The third-order valence-electron chi connectivity index (χ3n) is 4.12. The second-order valence-electron chi connectivity index (χ2n) is 5.58. The van der Waals surface area contributed by atoms with Crippen molar-refractivity contribution >= 4 is 5.91 Å². The summed E-state index contributed by atoms with van der Waals surface area (Å²) in [4.78, 5) is 16.4. The Morgan fingerprint density at radius 1 is 1.18 bits per heavy atom. The van der Waals surface area contributed by atoms with Gasteiger partial charge in [-0.15, -0.1) is 0 Å². The second kappa shape index (κ2) is 8.03. The molecule has 0 spiro atoms. The van der Waals surface area contributed by atoms with Crippen LogP contribution in [-0.4, -0.2) is 56.1 Å². The van der Waals surface area contributed by atoms with Gasteiger partial charge in [0.25, 0.3) is 0 Å². The zero-order valence-electron chi connectivity index (χ0n) is 13.8. The monoisotopic (exact) mass is 306 g/mol. The Morgan fingerprint density at radius 3 is 2.45 bits per heavy atom. The molecular formula is C17H26N2O3. The normalized spacial score (nSPS) is 14.5. The summed E-state index contributed by atoms with van der Waals surface area (Å²) in [6.07, 6.45) is 2.26. The topological polar surface area (TPSA) is 42.0 Å². The lowest BCUT2D eigenvalue weighted by atomic mass is 10.2. The standard InChI is InChI=1S/C17H26N2O3/c1-4-18(13-17(20)19-9-5-6-10-19)12-14-7-8-15(21-2)16(11-14)22-3/h7-8,11H,4-6,9-10,12-13H2,1-3H3. The average molecular weight is 306 g/mol. The van der Waals surface area contributed by atoms with E-state index in [2.05, 4.69) is 11.8 Å². The summed E-state index contributed by atoms with van der Waals surface area (Å²) in [5.41, 5.74) is 1.12. The number of likely N-dealkylation sites (N-methyl/N-ethyl adjacent to an activating group) is 1. The lowest BCUT2D eigenvalue weighted by Gasteiger charge is -2.24. The molecule has 0 unspecified atom stereocenters. The van der Waals surface area contributed by atoms with Crippen LogP contribution >= 0.6 is 0 Å². The van der Waals surface area contributed by atoms with Gasteiger partial charge >= 0.3 is 0 Å². The van der Waals surface area contributed by atoms with Crippen LogP contribution in [0.15, 0.2) is 18.2 Å². The van der Waals surface area contributed by atoms with E-state index < -0.39 is 0 Å². The molecule has 1 heterocycles. The van der Waals surface area contributed by atoms with Crippen LogP contribution in [0, 0.1) is 0 Å². The van der Waals surface area contributed by atoms with Crippen molar-refractivity contribution in [3.63, 3.8) is 0 Å². The minimum absolute atomic E-state index is 0.236. The molecule has 0 aliphatic carbocycles. The fourth-order valence-corrected chi connectivity index (χ4v) is 2.77. The van der Waals surface area contributed by atoms with Gasteiger partial charge in [0.15, 0.2) is 11.5 Å². The van der Waals surface area contributed by atoms with Gasteiger partial charge in [-0.2, -0.15) is 0 Å². The van der Waals surface area contributed by atoms with Crippen LogP contribution in [0.25, 0.3) is 0 Å². The number of amides is 1. The van der Waals surface area contributed by atoms with Crippen molar-refractivity contribution < 1.29 is 14.3 Å². The lowest BCUT2D eigenvalue weighted by molar-refractivity contribution is -0.131. The Hall–Kier alpha value is -1.75. The van der Waals surface area contributed by atoms with E-state index in [9.17, 15) is 4.79 Å². The number of hydrogen-bond acceptors (Lipinski definition) is 4. The number of carbonyl (C=O) groups is 1. The first-order valence-corrected chi connectivity index (χ1v) is 7.89. The van der Waals surface area contributed by atoms with E-state index >= 15 is 0 Å². The van der Waals surface area contributed by atoms with Crippen LogP contribution in [0.5, 0.6) is 11.5 Å². The van der Waals surface area contributed by atoms with Crippen LogP contribution in [0.4, 0.5) is 0 Å². The molecule has 1 aliphatic heterocycles. The maximum absolute atomic E-state index is 12.3. The van der Waals surface area contributed by atoms with E-state index in [1.807, 2.05) is 23.1 Å². The minimum atomic E-state index is 0.236. The van der Waals surface area contributed by atoms with Crippen molar-refractivity contribution in [1.82, 2.24) is 9.80 Å². The third-order valence-corrected chi connectivity index (χ3v) is 4.12. The molecule has 0 aromatic heterocycles. The first-order chi connectivity index (χ1) is 10.7. The van der Waals surface area contributed by atoms with Crippen molar-refractivity contribution in [1.29, 1.82) is 0 Å². The van der Waals surface area contributed by atoms with Crippen LogP contribution in [-0.2, 0) is 11.3 Å². The fraction of sp³-hybridized carbons (Fsp3) is 0.588. The van der Waals surface area contributed by atoms with Crippen molar-refractivity contribution in [2.45, 2.75) is 26.3 Å². The zero-order chi connectivity index (χ0) is 15.9. The predicted molar refractivity (Wildman–Crippen MR) is 86.3 cm³/mol. The molecule has 1 amide bonds. The summed E-state index contributed by atoms with van der Waals surface area (Å²) in [6, 6.07) is 5.90. The lowest BCUT2D eigenvalue weighted by Crippen LogP contribution is -2.38. The Bertz CT molecular complexity index is 499. The Balaban J connectivity index is 1.98. The molecular weight excluding hydrogens is 280 g/mol. The van der Waals surface area contributed by atoms with E-state index in [-0.39, 0.29) is 5.91 Å². The summed E-state index contributed by atoms with van der Waals surface area (Å²) < 4.78 is 10.6. The summed E-state index contributed by atoms with van der Waals surface area (Å²) in [7, 11) is 3.26. The molecule has 1 saturated heterocycles. The van der Waals surface area contributed by atoms with Gasteiger partial charge in [0.05, 0.1) is 20.8 Å². The van der Waals surface area contributed by atoms with Crippen LogP contribution in [0.3, 0.4) is 0 Å². The molecule has 1 fully saturated rings.